The molecule has 2 aromatic rings. The molecule has 0 amide bonds. The Hall–Kier alpha value is -1.30. The first-order valence-corrected chi connectivity index (χ1v) is 8.29. The molecule has 0 spiro atoms. The number of fused-ring (bicyclic) bond motifs is 1. The minimum atomic E-state index is 1.22. The lowest BCUT2D eigenvalue weighted by Crippen LogP contribution is -1.87. The lowest BCUT2D eigenvalue weighted by atomic mass is 10.0. The maximum atomic E-state index is 3.28. The number of hydrogen-bond donors (Lipinski definition) is 0. The van der Waals surface area contributed by atoms with E-state index in [9.17, 15) is 0 Å². The fraction of sp³-hybridized carbons (Fsp3) is 0.500. The molecule has 0 atom stereocenters. The molecule has 0 saturated carbocycles. The third-order valence-corrected chi connectivity index (χ3v) is 4.05. The molecular weight excluding hydrogens is 240 g/mol. The highest BCUT2D eigenvalue weighted by atomic mass is 14.0. The molecule has 0 aromatic heterocycles. The second-order valence-corrected chi connectivity index (χ2v) is 5.82. The molecule has 0 unspecified atom stereocenters. The fourth-order valence-corrected chi connectivity index (χ4v) is 2.79. The van der Waals surface area contributed by atoms with Crippen LogP contribution in [-0.4, -0.2) is 0 Å². The molecule has 0 aliphatic rings. The van der Waals surface area contributed by atoms with Gasteiger partial charge in [-0.15, -0.1) is 0 Å². The summed E-state index contributed by atoms with van der Waals surface area (Å²) in [5.41, 5.74) is 1.48. The predicted molar refractivity (Wildman–Crippen MR) is 89.1 cm³/mol. The van der Waals surface area contributed by atoms with Gasteiger partial charge < -0.3 is 0 Å². The lowest BCUT2D eigenvalue weighted by molar-refractivity contribution is 0.575. The fourth-order valence-electron chi connectivity index (χ4n) is 2.79. The van der Waals surface area contributed by atoms with Gasteiger partial charge in [0.1, 0.15) is 0 Å². The molecule has 0 heteroatoms. The molecular formula is C20H27. The van der Waals surface area contributed by atoms with Crippen LogP contribution in [0.1, 0.15) is 63.9 Å². The normalized spacial score (nSPS) is 11.1. The van der Waals surface area contributed by atoms with Crippen molar-refractivity contribution in [1.29, 1.82) is 0 Å². The number of benzene rings is 2. The van der Waals surface area contributed by atoms with Crippen molar-refractivity contribution in [2.75, 3.05) is 0 Å². The van der Waals surface area contributed by atoms with E-state index in [1.165, 1.54) is 74.1 Å². The Morgan fingerprint density at radius 2 is 1.60 bits per heavy atom. The number of aryl methyl sites for hydroxylation is 1. The van der Waals surface area contributed by atoms with E-state index in [0.29, 0.717) is 0 Å². The van der Waals surface area contributed by atoms with Crippen LogP contribution in [0.2, 0.25) is 0 Å². The molecule has 2 aromatic carbocycles. The Labute approximate surface area is 124 Å². The summed E-state index contributed by atoms with van der Waals surface area (Å²) < 4.78 is 0. The highest BCUT2D eigenvalue weighted by Crippen LogP contribution is 2.17. The van der Waals surface area contributed by atoms with Gasteiger partial charge >= 0.3 is 0 Å². The minimum absolute atomic E-state index is 1.22. The van der Waals surface area contributed by atoms with Crippen molar-refractivity contribution in [2.24, 2.45) is 0 Å². The molecule has 0 saturated heterocycles. The van der Waals surface area contributed by atoms with Crippen LogP contribution in [0.5, 0.6) is 0 Å². The molecule has 0 aliphatic heterocycles. The largest absolute Gasteiger partial charge is 0.0654 e. The van der Waals surface area contributed by atoms with E-state index >= 15 is 0 Å². The van der Waals surface area contributed by atoms with Crippen molar-refractivity contribution in [3.63, 3.8) is 0 Å². The van der Waals surface area contributed by atoms with E-state index in [2.05, 4.69) is 43.3 Å². The van der Waals surface area contributed by atoms with Crippen LogP contribution < -0.4 is 0 Å². The first-order chi connectivity index (χ1) is 9.90. The molecule has 0 fully saturated rings. The van der Waals surface area contributed by atoms with Gasteiger partial charge in [0.2, 0.25) is 0 Å². The van der Waals surface area contributed by atoms with Crippen molar-refractivity contribution in [2.45, 2.75) is 64.7 Å². The van der Waals surface area contributed by atoms with Gasteiger partial charge in [-0.3, -0.25) is 0 Å². The van der Waals surface area contributed by atoms with Gasteiger partial charge in [0.05, 0.1) is 0 Å². The summed E-state index contributed by atoms with van der Waals surface area (Å²) in [6.45, 7) is 2.28. The zero-order valence-electron chi connectivity index (χ0n) is 12.8. The van der Waals surface area contributed by atoms with Crippen LogP contribution in [0.25, 0.3) is 10.8 Å². The van der Waals surface area contributed by atoms with Crippen molar-refractivity contribution >= 4 is 10.8 Å². The predicted octanol–water partition coefficient (Wildman–Crippen LogP) is 6.32. The molecule has 1 radical (unpaired) electrons. The highest BCUT2D eigenvalue weighted by Gasteiger charge is 1.97. The van der Waals surface area contributed by atoms with Crippen LogP contribution in [-0.2, 0) is 6.42 Å². The van der Waals surface area contributed by atoms with Crippen molar-refractivity contribution in [1.82, 2.24) is 0 Å². The number of rotatable bonds is 9. The standard InChI is InChI=1S/C20H27/c1-2-3-4-5-6-7-8-9-12-18-15-16-19-13-10-11-14-20(19)17-18/h10-11,14-17H,2-9,12H2,1H3. The Morgan fingerprint density at radius 3 is 2.40 bits per heavy atom. The van der Waals surface area contributed by atoms with E-state index in [1.54, 1.807) is 0 Å². The van der Waals surface area contributed by atoms with E-state index in [4.69, 9.17) is 0 Å². The minimum Gasteiger partial charge on any atom is -0.0654 e. The van der Waals surface area contributed by atoms with Crippen molar-refractivity contribution in [3.8, 4) is 0 Å². The Bertz CT molecular complexity index is 498. The third-order valence-electron chi connectivity index (χ3n) is 4.05. The molecule has 0 N–H and O–H groups in total. The molecule has 0 nitrogen and oxygen atoms in total. The summed E-state index contributed by atoms with van der Waals surface area (Å²) in [4.78, 5) is 0. The topological polar surface area (TPSA) is 0 Å². The maximum absolute atomic E-state index is 3.28. The van der Waals surface area contributed by atoms with Gasteiger partial charge in [0.25, 0.3) is 0 Å². The summed E-state index contributed by atoms with van der Waals surface area (Å²) in [6.07, 6.45) is 12.4. The second kappa shape index (κ2) is 8.79. The Kier molecular flexibility index (Phi) is 6.63. The van der Waals surface area contributed by atoms with Gasteiger partial charge in [-0.05, 0) is 35.2 Å². The quantitative estimate of drug-likeness (QED) is 0.466. The van der Waals surface area contributed by atoms with Crippen LogP contribution >= 0.6 is 0 Å². The van der Waals surface area contributed by atoms with Gasteiger partial charge in [-0.1, -0.05) is 88.3 Å². The monoisotopic (exact) mass is 267 g/mol. The summed E-state index contributed by atoms with van der Waals surface area (Å²) in [5, 5.41) is 2.55. The van der Waals surface area contributed by atoms with Gasteiger partial charge in [0.15, 0.2) is 0 Å². The zero-order chi connectivity index (χ0) is 14.0. The van der Waals surface area contributed by atoms with E-state index in [-0.39, 0.29) is 0 Å². The summed E-state index contributed by atoms with van der Waals surface area (Å²) in [7, 11) is 0. The van der Waals surface area contributed by atoms with Crippen LogP contribution in [0.4, 0.5) is 0 Å². The first-order valence-electron chi connectivity index (χ1n) is 8.29. The molecule has 0 bridgehead atoms. The average molecular weight is 267 g/mol. The van der Waals surface area contributed by atoms with E-state index in [1.807, 2.05) is 6.07 Å². The van der Waals surface area contributed by atoms with Gasteiger partial charge in [-0.2, -0.15) is 0 Å². The number of unbranched alkanes of at least 4 members (excludes halogenated alkanes) is 7. The molecule has 0 aliphatic carbocycles. The number of hydrogen-bond acceptors (Lipinski definition) is 0. The molecule has 20 heavy (non-hydrogen) atoms. The summed E-state index contributed by atoms with van der Waals surface area (Å²) in [6, 6.07) is 16.3. The van der Waals surface area contributed by atoms with Crippen LogP contribution in [0, 0.1) is 6.07 Å². The Morgan fingerprint density at radius 1 is 0.850 bits per heavy atom. The summed E-state index contributed by atoms with van der Waals surface area (Å²) >= 11 is 0. The second-order valence-electron chi connectivity index (χ2n) is 5.82. The SMILES string of the molecule is CCCCCCCCCCc1ccc2[c]cccc2c1. The third kappa shape index (κ3) is 5.00. The molecule has 107 valence electrons. The van der Waals surface area contributed by atoms with Gasteiger partial charge in [-0.25, -0.2) is 0 Å². The van der Waals surface area contributed by atoms with E-state index < -0.39 is 0 Å². The Balaban J connectivity index is 1.65. The van der Waals surface area contributed by atoms with Crippen molar-refractivity contribution in [3.05, 3.63) is 48.0 Å². The maximum Gasteiger partial charge on any atom is -0.00992 e. The molecule has 0 heterocycles. The smallest absolute Gasteiger partial charge is 0.00992 e. The molecule has 2 rings (SSSR count). The van der Waals surface area contributed by atoms with Crippen molar-refractivity contribution < 1.29 is 0 Å². The first kappa shape index (κ1) is 15.1. The summed E-state index contributed by atoms with van der Waals surface area (Å²) in [5.74, 6) is 0. The van der Waals surface area contributed by atoms with Gasteiger partial charge in [0, 0.05) is 0 Å². The highest BCUT2D eigenvalue weighted by molar-refractivity contribution is 5.82. The van der Waals surface area contributed by atoms with Crippen LogP contribution in [0.15, 0.2) is 36.4 Å². The average Bonchev–Trinajstić information content (AvgIpc) is 2.50. The van der Waals surface area contributed by atoms with E-state index in [0.717, 1.165) is 0 Å². The lowest BCUT2D eigenvalue weighted by Gasteiger charge is -2.04. The zero-order valence-corrected chi connectivity index (χ0v) is 12.8. The van der Waals surface area contributed by atoms with Crippen LogP contribution in [0.3, 0.4) is 0 Å².